The van der Waals surface area contributed by atoms with Crippen LogP contribution in [-0.4, -0.2) is 89.8 Å². The van der Waals surface area contributed by atoms with Crippen LogP contribution in [0.15, 0.2) is 35.4 Å². The lowest BCUT2D eigenvalue weighted by molar-refractivity contribution is -0.137. The van der Waals surface area contributed by atoms with Crippen molar-refractivity contribution in [1.82, 2.24) is 34.0 Å². The van der Waals surface area contributed by atoms with Gasteiger partial charge in [-0.3, -0.25) is 14.4 Å². The number of carbonyl (C=O) groups is 2. The molecule has 14 nitrogen and oxygen atoms in total. The van der Waals surface area contributed by atoms with E-state index in [1.165, 1.54) is 28.6 Å². The van der Waals surface area contributed by atoms with Gasteiger partial charge in [0, 0.05) is 32.8 Å². The third kappa shape index (κ3) is 7.64. The molecule has 1 aromatic carbocycles. The molecule has 7 rings (SSSR count). The van der Waals surface area contributed by atoms with E-state index in [0.29, 0.717) is 36.7 Å². The van der Waals surface area contributed by atoms with Crippen LogP contribution in [0, 0.1) is 12.8 Å². The zero-order valence-electron chi connectivity index (χ0n) is 29.7. The highest BCUT2D eigenvalue weighted by atomic mass is 35.5. The average Bonchev–Trinajstić information content (AvgIpc) is 3.88. The van der Waals surface area contributed by atoms with Crippen molar-refractivity contribution in [1.29, 1.82) is 0 Å². The van der Waals surface area contributed by atoms with Crippen molar-refractivity contribution in [3.05, 3.63) is 74.4 Å². The van der Waals surface area contributed by atoms with Crippen LogP contribution in [-0.2, 0) is 28.7 Å². The molecule has 2 fully saturated rings. The second kappa shape index (κ2) is 15.0. The number of ether oxygens (including phenoxy) is 1. The van der Waals surface area contributed by atoms with Crippen LogP contribution in [0.2, 0.25) is 5.02 Å². The lowest BCUT2D eigenvalue weighted by Gasteiger charge is -2.36. The Morgan fingerprint density at radius 3 is 2.52 bits per heavy atom. The fraction of sp³-hybridized carbons (Fsp3) is 0.472. The molecule has 286 valence electrons. The first-order valence-corrected chi connectivity index (χ1v) is 18.2. The van der Waals surface area contributed by atoms with Gasteiger partial charge in [0.25, 0.3) is 11.5 Å². The monoisotopic (exact) mass is 769 g/mol. The number of nitrogens with one attached hydrogen (secondary N) is 1. The van der Waals surface area contributed by atoms with Crippen LogP contribution in [0.5, 0.6) is 5.75 Å². The summed E-state index contributed by atoms with van der Waals surface area (Å²) in [6.45, 7) is 4.68. The fourth-order valence-corrected chi connectivity index (χ4v) is 7.05. The van der Waals surface area contributed by atoms with Crippen molar-refractivity contribution in [3.8, 4) is 5.75 Å². The number of hydrogen-bond donors (Lipinski definition) is 2. The molecule has 3 aliphatic rings. The van der Waals surface area contributed by atoms with E-state index in [-0.39, 0.29) is 78.1 Å². The van der Waals surface area contributed by atoms with Gasteiger partial charge in [0.1, 0.15) is 18.6 Å². The second-order valence-electron chi connectivity index (χ2n) is 13.8. The highest BCUT2D eigenvalue weighted by Crippen LogP contribution is 2.35. The van der Waals surface area contributed by atoms with Crippen LogP contribution in [0.1, 0.15) is 72.3 Å². The number of piperazine rings is 1. The quantitative estimate of drug-likeness (QED) is 0.227. The first kappa shape index (κ1) is 37.3. The second-order valence-corrected chi connectivity index (χ2v) is 14.2. The van der Waals surface area contributed by atoms with Gasteiger partial charge in [-0.2, -0.15) is 22.7 Å². The molecule has 1 saturated carbocycles. The third-order valence-corrected chi connectivity index (χ3v) is 10.4. The maximum absolute atomic E-state index is 14.3. The Morgan fingerprint density at radius 2 is 1.87 bits per heavy atom. The minimum absolute atomic E-state index is 0.0105. The summed E-state index contributed by atoms with van der Waals surface area (Å²) >= 11 is 6.15. The number of aromatic hydroxyl groups is 1. The van der Waals surface area contributed by atoms with E-state index in [1.54, 1.807) is 11.5 Å². The Hall–Kier alpha value is -5.03. The lowest BCUT2D eigenvalue weighted by atomic mass is 9.96. The molecule has 2 amide bonds. The molecule has 2 N–H and O–H groups in total. The predicted molar refractivity (Wildman–Crippen MR) is 193 cm³/mol. The van der Waals surface area contributed by atoms with Gasteiger partial charge in [-0.05, 0) is 75.1 Å². The number of rotatable bonds is 10. The largest absolute Gasteiger partial charge is 0.504 e. The Morgan fingerprint density at radius 1 is 1.11 bits per heavy atom. The smallest absolute Gasteiger partial charge is 0.416 e. The van der Waals surface area contributed by atoms with Gasteiger partial charge in [0.2, 0.25) is 11.7 Å². The number of aryl methyl sites for hydroxylation is 1. The minimum Gasteiger partial charge on any atom is -0.504 e. The summed E-state index contributed by atoms with van der Waals surface area (Å²) < 4.78 is 48.6. The number of benzene rings is 1. The molecule has 2 aliphatic carbocycles. The first-order valence-electron chi connectivity index (χ1n) is 17.9. The van der Waals surface area contributed by atoms with Crippen LogP contribution in [0.4, 0.5) is 24.5 Å². The van der Waals surface area contributed by atoms with Gasteiger partial charge < -0.3 is 29.5 Å². The normalized spacial score (nSPS) is 17.9. The average molecular weight is 770 g/mol. The molecule has 1 saturated heterocycles. The van der Waals surface area contributed by atoms with E-state index in [2.05, 4.69) is 20.4 Å². The van der Waals surface area contributed by atoms with Crippen molar-refractivity contribution in [2.45, 2.75) is 71.2 Å². The van der Waals surface area contributed by atoms with Crippen LogP contribution in [0.25, 0.3) is 11.4 Å². The Balaban J connectivity index is 1.20. The molecule has 0 spiro atoms. The fourth-order valence-electron chi connectivity index (χ4n) is 6.82. The molecule has 18 heteroatoms. The molecule has 4 aromatic rings. The summed E-state index contributed by atoms with van der Waals surface area (Å²) in [5.74, 6) is -0.255. The molecular weight excluding hydrogens is 731 g/mol. The molecule has 1 aliphatic heterocycles. The summed E-state index contributed by atoms with van der Waals surface area (Å²) in [5.41, 5.74) is 0.363. The SMILES string of the molecule is CCc1c(N2CCN(C(=O)c3ncnc(C)c3O)CC2)c(=O)n2nc(C3=CCC(OCC4CC4)CC3)nc2n1CC(=O)Nc1ccc(C(F)(F)F)cc1Cl. The minimum atomic E-state index is -4.61. The maximum atomic E-state index is 14.3. The van der Waals surface area contributed by atoms with E-state index in [0.717, 1.165) is 36.8 Å². The molecular formula is C36H39ClF3N9O5. The standard InChI is InChI=1S/C36H39ClF3N9O5/c1-3-27-30(46-12-14-47(15-13-46)33(52)29-31(51)20(2)41-19-42-29)34(53)49-35(44-32(45-49)22-6-9-24(10-7-22)54-18-21-4-5-21)48(27)17-28(50)43-26-11-8-23(16-25(26)37)36(38,39)40/h6,8,11,16,19,21,24,51H,3-5,7,9-10,12-15,17-18H2,1-2H3,(H,43,50). The molecule has 0 bridgehead atoms. The number of hydrogen-bond acceptors (Lipinski definition) is 10. The number of halogens is 4. The van der Waals surface area contributed by atoms with Crippen LogP contribution < -0.4 is 15.8 Å². The van der Waals surface area contributed by atoms with E-state index in [1.807, 2.05) is 17.9 Å². The molecule has 54 heavy (non-hydrogen) atoms. The van der Waals surface area contributed by atoms with Crippen molar-refractivity contribution in [2.75, 3.05) is 43.0 Å². The third-order valence-electron chi connectivity index (χ3n) is 10.0. The predicted octanol–water partition coefficient (Wildman–Crippen LogP) is 4.89. The maximum Gasteiger partial charge on any atom is 0.416 e. The molecule has 4 heterocycles. The summed E-state index contributed by atoms with van der Waals surface area (Å²) in [4.78, 5) is 57.3. The zero-order chi connectivity index (χ0) is 38.3. The van der Waals surface area contributed by atoms with Gasteiger partial charge in [-0.1, -0.05) is 24.6 Å². The summed E-state index contributed by atoms with van der Waals surface area (Å²) in [7, 11) is 0. The summed E-state index contributed by atoms with van der Waals surface area (Å²) in [6.07, 6.45) is 3.52. The number of nitrogens with zero attached hydrogens (tertiary/aromatic N) is 8. The summed E-state index contributed by atoms with van der Waals surface area (Å²) in [6, 6.07) is 2.66. The van der Waals surface area contributed by atoms with Crippen molar-refractivity contribution < 1.29 is 32.6 Å². The van der Waals surface area contributed by atoms with E-state index >= 15 is 0 Å². The number of allylic oxidation sites excluding steroid dienone is 1. The Labute approximate surface area is 312 Å². The van der Waals surface area contributed by atoms with Crippen molar-refractivity contribution >= 4 is 46.1 Å². The molecule has 3 aromatic heterocycles. The van der Waals surface area contributed by atoms with E-state index < -0.39 is 29.1 Å². The van der Waals surface area contributed by atoms with E-state index in [9.17, 15) is 32.7 Å². The van der Waals surface area contributed by atoms with Crippen molar-refractivity contribution in [3.63, 3.8) is 0 Å². The van der Waals surface area contributed by atoms with Gasteiger partial charge in [0.15, 0.2) is 17.3 Å². The number of alkyl halides is 3. The van der Waals surface area contributed by atoms with Gasteiger partial charge >= 0.3 is 6.18 Å². The molecule has 1 atom stereocenters. The van der Waals surface area contributed by atoms with Gasteiger partial charge in [-0.15, -0.1) is 5.10 Å². The zero-order valence-corrected chi connectivity index (χ0v) is 30.5. The first-order chi connectivity index (χ1) is 25.8. The molecule has 0 radical (unpaired) electrons. The number of anilines is 2. The van der Waals surface area contributed by atoms with Crippen LogP contribution >= 0.6 is 11.6 Å². The molecule has 1 unspecified atom stereocenters. The summed E-state index contributed by atoms with van der Waals surface area (Å²) in [5, 5.41) is 17.4. The van der Waals surface area contributed by atoms with E-state index in [4.69, 9.17) is 21.3 Å². The Bertz CT molecular complexity index is 2190. The number of carbonyl (C=O) groups excluding carboxylic acids is 2. The lowest BCUT2D eigenvalue weighted by Crippen LogP contribution is -2.51. The van der Waals surface area contributed by atoms with Crippen LogP contribution in [0.3, 0.4) is 0 Å². The van der Waals surface area contributed by atoms with Gasteiger partial charge in [0.05, 0.1) is 33.8 Å². The number of fused-ring (bicyclic) bond motifs is 1. The number of aromatic nitrogens is 6. The topological polar surface area (TPSA) is 160 Å². The number of amides is 2. The highest BCUT2D eigenvalue weighted by molar-refractivity contribution is 6.33. The highest BCUT2D eigenvalue weighted by Gasteiger charge is 2.33. The van der Waals surface area contributed by atoms with Gasteiger partial charge in [-0.25, -0.2) is 9.97 Å². The van der Waals surface area contributed by atoms with Crippen molar-refractivity contribution in [2.24, 2.45) is 5.92 Å². The Kier molecular flexibility index (Phi) is 10.4.